The van der Waals surface area contributed by atoms with Gasteiger partial charge in [-0.3, -0.25) is 0 Å². The molecule has 0 aliphatic rings. The molecule has 0 saturated heterocycles. The van der Waals surface area contributed by atoms with Gasteiger partial charge in [0.1, 0.15) is 5.76 Å². The van der Waals surface area contributed by atoms with Gasteiger partial charge in [0.05, 0.1) is 12.1 Å². The fraction of sp³-hybridized carbons (Fsp3) is 0.182. The molecule has 0 unspecified atom stereocenters. The molecule has 0 atom stereocenters. The molecule has 2 aromatic rings. The van der Waals surface area contributed by atoms with E-state index in [0.29, 0.717) is 17.5 Å². The number of halogens is 1. The van der Waals surface area contributed by atoms with Gasteiger partial charge in [-0.15, -0.1) is 11.6 Å². The summed E-state index contributed by atoms with van der Waals surface area (Å²) in [4.78, 5) is 4.15. The molecule has 72 valence electrons. The summed E-state index contributed by atoms with van der Waals surface area (Å²) in [5, 5.41) is 0. The number of nitrogens with zero attached hydrogens (tertiary/aromatic N) is 1. The lowest BCUT2D eigenvalue weighted by Crippen LogP contribution is -1.77. The molecule has 2 rings (SSSR count). The first-order chi connectivity index (χ1) is 6.79. The van der Waals surface area contributed by atoms with Gasteiger partial charge in [-0.1, -0.05) is 17.7 Å². The first-order valence-electron chi connectivity index (χ1n) is 4.37. The summed E-state index contributed by atoms with van der Waals surface area (Å²) in [5.41, 5.74) is 2.18. The molecular weight excluding hydrogens is 198 g/mol. The summed E-state index contributed by atoms with van der Waals surface area (Å²) >= 11 is 5.63. The van der Waals surface area contributed by atoms with Crippen molar-refractivity contribution in [3.63, 3.8) is 0 Å². The zero-order chi connectivity index (χ0) is 9.97. The minimum atomic E-state index is 0.360. The topological polar surface area (TPSA) is 26.0 Å². The molecule has 0 fully saturated rings. The lowest BCUT2D eigenvalue weighted by Gasteiger charge is -1.96. The Balaban J connectivity index is 2.39. The smallest absolute Gasteiger partial charge is 0.226 e. The van der Waals surface area contributed by atoms with Gasteiger partial charge < -0.3 is 4.42 Å². The third-order valence-electron chi connectivity index (χ3n) is 1.95. The Kier molecular flexibility index (Phi) is 2.55. The molecule has 0 amide bonds. The molecule has 0 aliphatic carbocycles. The highest BCUT2D eigenvalue weighted by Gasteiger charge is 2.05. The first-order valence-corrected chi connectivity index (χ1v) is 4.91. The Hall–Kier alpha value is -1.28. The molecule has 0 spiro atoms. The number of oxazole rings is 1. The third kappa shape index (κ3) is 1.80. The Morgan fingerprint density at radius 3 is 2.93 bits per heavy atom. The lowest BCUT2D eigenvalue weighted by atomic mass is 10.1. The fourth-order valence-electron chi connectivity index (χ4n) is 1.28. The van der Waals surface area contributed by atoms with Crippen molar-refractivity contribution in [1.82, 2.24) is 4.98 Å². The van der Waals surface area contributed by atoms with Gasteiger partial charge in [-0.2, -0.15) is 0 Å². The molecular formula is C11H10ClNO. The van der Waals surface area contributed by atoms with Crippen LogP contribution in [0.2, 0.25) is 0 Å². The average Bonchev–Trinajstić information content (AvgIpc) is 2.66. The summed E-state index contributed by atoms with van der Waals surface area (Å²) in [7, 11) is 0. The van der Waals surface area contributed by atoms with Gasteiger partial charge in [-0.25, -0.2) is 4.98 Å². The monoisotopic (exact) mass is 207 g/mol. The minimum Gasteiger partial charge on any atom is -0.440 e. The van der Waals surface area contributed by atoms with Crippen LogP contribution in [0.1, 0.15) is 11.3 Å². The molecule has 3 heteroatoms. The van der Waals surface area contributed by atoms with Crippen LogP contribution >= 0.6 is 11.6 Å². The number of aromatic nitrogens is 1. The molecule has 0 N–H and O–H groups in total. The highest BCUT2D eigenvalue weighted by molar-refractivity contribution is 6.16. The van der Waals surface area contributed by atoms with Crippen LogP contribution in [0.4, 0.5) is 0 Å². The standard InChI is InChI=1S/C11H10ClNO/c1-8-3-2-4-9(5-8)11-13-7-10(6-12)14-11/h2-5,7H,6H2,1H3. The normalized spacial score (nSPS) is 10.4. The van der Waals surface area contributed by atoms with E-state index in [4.69, 9.17) is 16.0 Å². The summed E-state index contributed by atoms with van der Waals surface area (Å²) in [5.74, 6) is 1.69. The Labute approximate surface area is 87.5 Å². The number of aryl methyl sites for hydroxylation is 1. The first kappa shape index (κ1) is 9.28. The number of benzene rings is 1. The summed E-state index contributed by atoms with van der Waals surface area (Å²) in [6.07, 6.45) is 1.66. The van der Waals surface area contributed by atoms with Crippen molar-refractivity contribution in [2.24, 2.45) is 0 Å². The molecule has 2 nitrogen and oxygen atoms in total. The zero-order valence-electron chi connectivity index (χ0n) is 7.83. The van der Waals surface area contributed by atoms with Crippen LogP contribution in [0.25, 0.3) is 11.5 Å². The van der Waals surface area contributed by atoms with Crippen molar-refractivity contribution < 1.29 is 4.42 Å². The van der Waals surface area contributed by atoms with Gasteiger partial charge in [-0.05, 0) is 19.1 Å². The minimum absolute atomic E-state index is 0.360. The molecule has 0 radical (unpaired) electrons. The summed E-state index contributed by atoms with van der Waals surface area (Å²) < 4.78 is 5.43. The van der Waals surface area contributed by atoms with Crippen LogP contribution in [0, 0.1) is 6.92 Å². The average molecular weight is 208 g/mol. The highest BCUT2D eigenvalue weighted by atomic mass is 35.5. The Morgan fingerprint density at radius 1 is 1.43 bits per heavy atom. The Bertz CT molecular complexity index is 436. The van der Waals surface area contributed by atoms with Gasteiger partial charge in [0.2, 0.25) is 5.89 Å². The van der Waals surface area contributed by atoms with E-state index in [1.807, 2.05) is 31.2 Å². The van der Waals surface area contributed by atoms with E-state index in [9.17, 15) is 0 Å². The van der Waals surface area contributed by atoms with Crippen molar-refractivity contribution in [3.05, 3.63) is 41.8 Å². The van der Waals surface area contributed by atoms with Crippen molar-refractivity contribution in [3.8, 4) is 11.5 Å². The predicted octanol–water partition coefficient (Wildman–Crippen LogP) is 3.39. The molecule has 0 bridgehead atoms. The maximum atomic E-state index is 5.63. The van der Waals surface area contributed by atoms with E-state index in [1.165, 1.54) is 5.56 Å². The van der Waals surface area contributed by atoms with E-state index in [-0.39, 0.29) is 0 Å². The van der Waals surface area contributed by atoms with Gasteiger partial charge in [0.25, 0.3) is 0 Å². The lowest BCUT2D eigenvalue weighted by molar-refractivity contribution is 0.537. The zero-order valence-corrected chi connectivity index (χ0v) is 8.58. The van der Waals surface area contributed by atoms with Crippen LogP contribution in [-0.4, -0.2) is 4.98 Å². The molecule has 1 aromatic carbocycles. The molecule has 1 heterocycles. The molecule has 14 heavy (non-hydrogen) atoms. The number of hydrogen-bond acceptors (Lipinski definition) is 2. The van der Waals surface area contributed by atoms with Crippen LogP contribution in [-0.2, 0) is 5.88 Å². The second-order valence-corrected chi connectivity index (χ2v) is 3.40. The van der Waals surface area contributed by atoms with Crippen molar-refractivity contribution >= 4 is 11.6 Å². The van der Waals surface area contributed by atoms with E-state index >= 15 is 0 Å². The SMILES string of the molecule is Cc1cccc(-c2ncc(CCl)o2)c1. The predicted molar refractivity (Wildman–Crippen MR) is 56.2 cm³/mol. The van der Waals surface area contributed by atoms with Gasteiger partial charge in [0.15, 0.2) is 0 Å². The number of alkyl halides is 1. The van der Waals surface area contributed by atoms with E-state index in [1.54, 1.807) is 6.20 Å². The van der Waals surface area contributed by atoms with Gasteiger partial charge in [0, 0.05) is 5.56 Å². The van der Waals surface area contributed by atoms with Crippen molar-refractivity contribution in [2.45, 2.75) is 12.8 Å². The molecule has 1 aromatic heterocycles. The van der Waals surface area contributed by atoms with Crippen LogP contribution in [0.15, 0.2) is 34.9 Å². The quantitative estimate of drug-likeness (QED) is 0.706. The number of rotatable bonds is 2. The largest absolute Gasteiger partial charge is 0.440 e. The summed E-state index contributed by atoms with van der Waals surface area (Å²) in [6, 6.07) is 8.02. The fourth-order valence-corrected chi connectivity index (χ4v) is 1.40. The van der Waals surface area contributed by atoms with E-state index < -0.39 is 0 Å². The maximum Gasteiger partial charge on any atom is 0.226 e. The van der Waals surface area contributed by atoms with Gasteiger partial charge >= 0.3 is 0 Å². The van der Waals surface area contributed by atoms with Crippen molar-refractivity contribution in [2.75, 3.05) is 0 Å². The van der Waals surface area contributed by atoms with Crippen LogP contribution in [0.5, 0.6) is 0 Å². The number of hydrogen-bond donors (Lipinski definition) is 0. The third-order valence-corrected chi connectivity index (χ3v) is 2.21. The highest BCUT2D eigenvalue weighted by Crippen LogP contribution is 2.20. The summed E-state index contributed by atoms with van der Waals surface area (Å²) in [6.45, 7) is 2.04. The van der Waals surface area contributed by atoms with Crippen LogP contribution in [0.3, 0.4) is 0 Å². The maximum absolute atomic E-state index is 5.63. The van der Waals surface area contributed by atoms with E-state index in [2.05, 4.69) is 4.98 Å². The molecule has 0 saturated carbocycles. The van der Waals surface area contributed by atoms with E-state index in [0.717, 1.165) is 5.56 Å². The Morgan fingerprint density at radius 2 is 2.29 bits per heavy atom. The van der Waals surface area contributed by atoms with Crippen molar-refractivity contribution in [1.29, 1.82) is 0 Å². The second-order valence-electron chi connectivity index (χ2n) is 3.13. The molecule has 0 aliphatic heterocycles. The second kappa shape index (κ2) is 3.84. The van der Waals surface area contributed by atoms with Crippen LogP contribution < -0.4 is 0 Å².